The van der Waals surface area contributed by atoms with Gasteiger partial charge < -0.3 is 10.6 Å². The van der Waals surface area contributed by atoms with Crippen LogP contribution in [0, 0.1) is 17.2 Å². The number of hydrogen-bond acceptors (Lipinski definition) is 4. The SMILES string of the molecule is CCN(c1cccnc1C#N)C1CCCCC1CN. The molecule has 1 heterocycles. The lowest BCUT2D eigenvalue weighted by Gasteiger charge is -2.40. The molecule has 1 aliphatic carbocycles. The molecule has 2 atom stereocenters. The molecule has 0 saturated heterocycles. The van der Waals surface area contributed by atoms with Gasteiger partial charge in [-0.1, -0.05) is 12.8 Å². The molecule has 1 aromatic rings. The third kappa shape index (κ3) is 2.87. The Morgan fingerprint density at radius 3 is 2.95 bits per heavy atom. The van der Waals surface area contributed by atoms with Crippen molar-refractivity contribution < 1.29 is 0 Å². The average Bonchev–Trinajstić information content (AvgIpc) is 2.49. The Morgan fingerprint density at radius 1 is 1.47 bits per heavy atom. The first-order chi connectivity index (χ1) is 9.31. The van der Waals surface area contributed by atoms with Crippen molar-refractivity contribution in [3.05, 3.63) is 24.0 Å². The second kappa shape index (κ2) is 6.53. The molecule has 1 aliphatic rings. The lowest BCUT2D eigenvalue weighted by molar-refractivity contribution is 0.300. The lowest BCUT2D eigenvalue weighted by Crippen LogP contribution is -2.45. The van der Waals surface area contributed by atoms with Gasteiger partial charge in [0.05, 0.1) is 5.69 Å². The number of nitrogens with zero attached hydrogens (tertiary/aromatic N) is 3. The third-order valence-corrected chi connectivity index (χ3v) is 4.11. The maximum atomic E-state index is 9.22. The first-order valence-corrected chi connectivity index (χ1v) is 7.13. The summed E-state index contributed by atoms with van der Waals surface area (Å²) >= 11 is 0. The van der Waals surface area contributed by atoms with Crippen LogP contribution in [-0.4, -0.2) is 24.1 Å². The van der Waals surface area contributed by atoms with Crippen LogP contribution in [0.3, 0.4) is 0 Å². The van der Waals surface area contributed by atoms with Gasteiger partial charge in [-0.2, -0.15) is 5.26 Å². The standard InChI is InChI=1S/C15H22N4/c1-2-19(14-7-4-3-6-12(14)10-16)15-8-5-9-18-13(15)11-17/h5,8-9,12,14H,2-4,6-7,10,16H2,1H3. The number of nitriles is 1. The summed E-state index contributed by atoms with van der Waals surface area (Å²) in [4.78, 5) is 6.50. The third-order valence-electron chi connectivity index (χ3n) is 4.11. The summed E-state index contributed by atoms with van der Waals surface area (Å²) in [5, 5.41) is 9.22. The molecular weight excluding hydrogens is 236 g/mol. The minimum Gasteiger partial charge on any atom is -0.366 e. The van der Waals surface area contributed by atoms with Gasteiger partial charge in [-0.25, -0.2) is 4.98 Å². The van der Waals surface area contributed by atoms with E-state index in [9.17, 15) is 5.26 Å². The predicted molar refractivity (Wildman–Crippen MR) is 76.8 cm³/mol. The molecule has 0 radical (unpaired) electrons. The smallest absolute Gasteiger partial charge is 0.163 e. The van der Waals surface area contributed by atoms with Gasteiger partial charge in [0.15, 0.2) is 5.69 Å². The van der Waals surface area contributed by atoms with Crippen LogP contribution in [0.1, 0.15) is 38.3 Å². The quantitative estimate of drug-likeness (QED) is 0.900. The van der Waals surface area contributed by atoms with Crippen molar-refractivity contribution in [3.63, 3.8) is 0 Å². The first kappa shape index (κ1) is 13.8. The second-order valence-corrected chi connectivity index (χ2v) is 5.12. The Labute approximate surface area is 115 Å². The van der Waals surface area contributed by atoms with Gasteiger partial charge in [-0.15, -0.1) is 0 Å². The Balaban J connectivity index is 2.30. The van der Waals surface area contributed by atoms with E-state index < -0.39 is 0 Å². The highest BCUT2D eigenvalue weighted by Crippen LogP contribution is 2.32. The van der Waals surface area contributed by atoms with Crippen LogP contribution < -0.4 is 10.6 Å². The zero-order valence-electron chi connectivity index (χ0n) is 11.5. The van der Waals surface area contributed by atoms with Crippen LogP contribution in [0.5, 0.6) is 0 Å². The molecule has 2 rings (SSSR count). The van der Waals surface area contributed by atoms with Crippen molar-refractivity contribution in [3.8, 4) is 6.07 Å². The van der Waals surface area contributed by atoms with Crippen LogP contribution >= 0.6 is 0 Å². The van der Waals surface area contributed by atoms with Crippen LogP contribution in [0.2, 0.25) is 0 Å². The van der Waals surface area contributed by atoms with Crippen molar-refractivity contribution in [2.75, 3.05) is 18.0 Å². The summed E-state index contributed by atoms with van der Waals surface area (Å²) in [5.41, 5.74) is 7.40. The largest absolute Gasteiger partial charge is 0.366 e. The molecule has 0 bridgehead atoms. The number of nitrogens with two attached hydrogens (primary N) is 1. The first-order valence-electron chi connectivity index (χ1n) is 7.13. The van der Waals surface area contributed by atoms with E-state index in [1.54, 1.807) is 6.20 Å². The molecule has 2 N–H and O–H groups in total. The molecule has 2 unspecified atom stereocenters. The molecule has 4 heteroatoms. The van der Waals surface area contributed by atoms with Gasteiger partial charge in [0.25, 0.3) is 0 Å². The van der Waals surface area contributed by atoms with Crippen LogP contribution in [0.15, 0.2) is 18.3 Å². The number of pyridine rings is 1. The van der Waals surface area contributed by atoms with Gasteiger partial charge in [-0.05, 0) is 44.4 Å². The summed E-state index contributed by atoms with van der Waals surface area (Å²) in [7, 11) is 0. The zero-order valence-corrected chi connectivity index (χ0v) is 11.5. The molecule has 4 nitrogen and oxygen atoms in total. The molecule has 0 aliphatic heterocycles. The average molecular weight is 258 g/mol. The Kier molecular flexibility index (Phi) is 4.75. The fourth-order valence-electron chi connectivity index (χ4n) is 3.17. The Hall–Kier alpha value is -1.60. The van der Waals surface area contributed by atoms with E-state index in [2.05, 4.69) is 22.9 Å². The Morgan fingerprint density at radius 2 is 2.26 bits per heavy atom. The lowest BCUT2D eigenvalue weighted by atomic mass is 9.83. The minimum atomic E-state index is 0.444. The van der Waals surface area contributed by atoms with E-state index >= 15 is 0 Å². The molecule has 1 aromatic heterocycles. The van der Waals surface area contributed by atoms with Crippen LogP contribution in [0.25, 0.3) is 0 Å². The molecule has 0 spiro atoms. The van der Waals surface area contributed by atoms with Crippen molar-refractivity contribution in [2.24, 2.45) is 11.7 Å². The predicted octanol–water partition coefficient (Wildman–Crippen LogP) is 2.30. The van der Waals surface area contributed by atoms with Gasteiger partial charge in [-0.3, -0.25) is 0 Å². The minimum absolute atomic E-state index is 0.444. The van der Waals surface area contributed by atoms with E-state index in [1.807, 2.05) is 12.1 Å². The monoisotopic (exact) mass is 258 g/mol. The zero-order chi connectivity index (χ0) is 13.7. The van der Waals surface area contributed by atoms with Crippen molar-refractivity contribution in [1.29, 1.82) is 5.26 Å². The summed E-state index contributed by atoms with van der Waals surface area (Å²) in [5.74, 6) is 0.528. The summed E-state index contributed by atoms with van der Waals surface area (Å²) in [6, 6.07) is 6.54. The maximum Gasteiger partial charge on any atom is 0.163 e. The van der Waals surface area contributed by atoms with E-state index in [4.69, 9.17) is 5.73 Å². The highest BCUT2D eigenvalue weighted by Gasteiger charge is 2.29. The summed E-state index contributed by atoms with van der Waals surface area (Å²) in [6.45, 7) is 3.75. The van der Waals surface area contributed by atoms with E-state index in [0.717, 1.165) is 25.2 Å². The van der Waals surface area contributed by atoms with Gasteiger partial charge >= 0.3 is 0 Å². The Bertz CT molecular complexity index is 452. The summed E-state index contributed by atoms with van der Waals surface area (Å²) < 4.78 is 0. The molecule has 19 heavy (non-hydrogen) atoms. The van der Waals surface area contributed by atoms with Gasteiger partial charge in [0.1, 0.15) is 6.07 Å². The molecule has 1 saturated carbocycles. The molecule has 0 amide bonds. The van der Waals surface area contributed by atoms with Crippen LogP contribution in [-0.2, 0) is 0 Å². The van der Waals surface area contributed by atoms with Crippen molar-refractivity contribution in [1.82, 2.24) is 4.98 Å². The van der Waals surface area contributed by atoms with Gasteiger partial charge in [0.2, 0.25) is 0 Å². The van der Waals surface area contributed by atoms with Gasteiger partial charge in [0, 0.05) is 18.8 Å². The normalized spacial score (nSPS) is 22.8. The number of rotatable bonds is 4. The molecular formula is C15H22N4. The van der Waals surface area contributed by atoms with Crippen LogP contribution in [0.4, 0.5) is 5.69 Å². The molecule has 102 valence electrons. The fourth-order valence-corrected chi connectivity index (χ4v) is 3.17. The maximum absolute atomic E-state index is 9.22. The fraction of sp³-hybridized carbons (Fsp3) is 0.600. The van der Waals surface area contributed by atoms with E-state index in [0.29, 0.717) is 17.7 Å². The molecule has 0 aromatic carbocycles. The van der Waals surface area contributed by atoms with Crippen molar-refractivity contribution >= 4 is 5.69 Å². The van der Waals surface area contributed by atoms with E-state index in [-0.39, 0.29) is 0 Å². The number of hydrogen-bond donors (Lipinski definition) is 1. The topological polar surface area (TPSA) is 65.9 Å². The number of anilines is 1. The van der Waals surface area contributed by atoms with Crippen molar-refractivity contribution in [2.45, 2.75) is 38.6 Å². The van der Waals surface area contributed by atoms with E-state index in [1.165, 1.54) is 19.3 Å². The second-order valence-electron chi connectivity index (χ2n) is 5.12. The highest BCUT2D eigenvalue weighted by atomic mass is 15.2. The summed E-state index contributed by atoms with van der Waals surface area (Å²) in [6.07, 6.45) is 6.56. The molecule has 1 fully saturated rings. The number of aromatic nitrogens is 1. The highest BCUT2D eigenvalue weighted by molar-refractivity contribution is 5.56.